The van der Waals surface area contributed by atoms with Crippen LogP contribution in [0.15, 0.2) is 39.7 Å². The van der Waals surface area contributed by atoms with E-state index in [0.29, 0.717) is 15.7 Å². The van der Waals surface area contributed by atoms with Gasteiger partial charge < -0.3 is 10.9 Å². The molecular formula is C12H13N5OS. The van der Waals surface area contributed by atoms with E-state index in [0.717, 1.165) is 11.4 Å². The molecule has 3 N–H and O–H groups in total. The Labute approximate surface area is 114 Å². The fourth-order valence-corrected chi connectivity index (χ4v) is 2.49. The third kappa shape index (κ3) is 3.19. The summed E-state index contributed by atoms with van der Waals surface area (Å²) in [5.41, 5.74) is 7.94. The monoisotopic (exact) mass is 275 g/mol. The van der Waals surface area contributed by atoms with Gasteiger partial charge in [-0.05, 0) is 43.8 Å². The molecule has 6 nitrogen and oxygen atoms in total. The zero-order valence-corrected chi connectivity index (χ0v) is 11.3. The van der Waals surface area contributed by atoms with Crippen molar-refractivity contribution in [3.8, 4) is 0 Å². The Kier molecular flexibility index (Phi) is 3.96. The number of aryl methyl sites for hydroxylation is 2. The molecule has 0 saturated heterocycles. The minimum absolute atomic E-state index is 0.0139. The van der Waals surface area contributed by atoms with Gasteiger partial charge in [0.05, 0.1) is 5.56 Å². The maximum Gasteiger partial charge on any atom is 0.194 e. The van der Waals surface area contributed by atoms with E-state index in [9.17, 15) is 0 Å². The molecule has 0 spiro atoms. The maximum absolute atomic E-state index is 8.76. The molecule has 0 fully saturated rings. The minimum atomic E-state index is 0.0139. The molecule has 0 aliphatic heterocycles. The van der Waals surface area contributed by atoms with E-state index < -0.39 is 0 Å². The van der Waals surface area contributed by atoms with Crippen molar-refractivity contribution < 1.29 is 5.21 Å². The molecular weight excluding hydrogens is 262 g/mol. The Morgan fingerprint density at radius 1 is 1.32 bits per heavy atom. The zero-order valence-electron chi connectivity index (χ0n) is 10.5. The standard InChI is InChI=1S/C12H13N5OS/c1-7-6-8(2)16-12(15-7)19-11-9(10(13)17-18)4-3-5-14-11/h3-6,18H,1-2H3,(H2,13,17). The average Bonchev–Trinajstić information content (AvgIpc) is 2.37. The molecule has 0 atom stereocenters. The fraction of sp³-hybridized carbons (Fsp3) is 0.167. The van der Waals surface area contributed by atoms with Gasteiger partial charge in [0.25, 0.3) is 0 Å². The van der Waals surface area contributed by atoms with Crippen LogP contribution in [-0.2, 0) is 0 Å². The number of hydrogen-bond acceptors (Lipinski definition) is 6. The number of nitrogens with zero attached hydrogens (tertiary/aromatic N) is 4. The summed E-state index contributed by atoms with van der Waals surface area (Å²) < 4.78 is 0. The van der Waals surface area contributed by atoms with Crippen molar-refractivity contribution in [3.05, 3.63) is 41.3 Å². The molecule has 19 heavy (non-hydrogen) atoms. The molecule has 0 aromatic carbocycles. The van der Waals surface area contributed by atoms with Gasteiger partial charge in [-0.3, -0.25) is 0 Å². The molecule has 7 heteroatoms. The molecule has 0 amide bonds. The zero-order chi connectivity index (χ0) is 13.8. The molecule has 0 radical (unpaired) electrons. The van der Waals surface area contributed by atoms with Gasteiger partial charge in [-0.25, -0.2) is 15.0 Å². The molecule has 2 aromatic rings. The van der Waals surface area contributed by atoms with Crippen LogP contribution in [0.4, 0.5) is 0 Å². The van der Waals surface area contributed by atoms with Crippen molar-refractivity contribution >= 4 is 17.6 Å². The smallest absolute Gasteiger partial charge is 0.194 e. The Balaban J connectivity index is 2.38. The second kappa shape index (κ2) is 5.66. The maximum atomic E-state index is 8.76. The van der Waals surface area contributed by atoms with Crippen molar-refractivity contribution in [1.82, 2.24) is 15.0 Å². The first kappa shape index (κ1) is 13.3. The Morgan fingerprint density at radius 3 is 2.63 bits per heavy atom. The van der Waals surface area contributed by atoms with E-state index in [1.807, 2.05) is 19.9 Å². The second-order valence-corrected chi connectivity index (χ2v) is 4.83. The van der Waals surface area contributed by atoms with Crippen LogP contribution >= 0.6 is 11.8 Å². The molecule has 0 unspecified atom stereocenters. The minimum Gasteiger partial charge on any atom is -0.409 e. The summed E-state index contributed by atoms with van der Waals surface area (Å²) in [6.45, 7) is 3.81. The van der Waals surface area contributed by atoms with Crippen molar-refractivity contribution in [2.24, 2.45) is 10.9 Å². The quantitative estimate of drug-likeness (QED) is 0.291. The van der Waals surface area contributed by atoms with E-state index in [1.165, 1.54) is 11.8 Å². The highest BCUT2D eigenvalue weighted by Gasteiger charge is 2.11. The molecule has 0 saturated carbocycles. The first-order valence-electron chi connectivity index (χ1n) is 5.53. The Bertz CT molecular complexity index is 609. The second-order valence-electron chi connectivity index (χ2n) is 3.88. The topological polar surface area (TPSA) is 97.3 Å². The third-order valence-corrected chi connectivity index (χ3v) is 3.19. The highest BCUT2D eigenvalue weighted by molar-refractivity contribution is 7.99. The van der Waals surface area contributed by atoms with Gasteiger partial charge in [-0.2, -0.15) is 0 Å². The molecule has 0 bridgehead atoms. The van der Waals surface area contributed by atoms with Crippen LogP contribution in [0.1, 0.15) is 17.0 Å². The van der Waals surface area contributed by atoms with Crippen LogP contribution < -0.4 is 5.73 Å². The van der Waals surface area contributed by atoms with E-state index in [1.54, 1.807) is 18.3 Å². The first-order chi connectivity index (χ1) is 9.10. The van der Waals surface area contributed by atoms with Crippen molar-refractivity contribution in [2.45, 2.75) is 24.0 Å². The normalized spacial score (nSPS) is 11.6. The molecule has 98 valence electrons. The van der Waals surface area contributed by atoms with Crippen LogP contribution in [0.25, 0.3) is 0 Å². The van der Waals surface area contributed by atoms with E-state index in [2.05, 4.69) is 20.1 Å². The average molecular weight is 275 g/mol. The van der Waals surface area contributed by atoms with E-state index in [4.69, 9.17) is 10.9 Å². The van der Waals surface area contributed by atoms with E-state index >= 15 is 0 Å². The third-order valence-electron chi connectivity index (χ3n) is 2.30. The Hall–Kier alpha value is -2.15. The largest absolute Gasteiger partial charge is 0.409 e. The van der Waals surface area contributed by atoms with Crippen molar-refractivity contribution in [1.29, 1.82) is 0 Å². The SMILES string of the molecule is Cc1cc(C)nc(Sc2ncccc2C(N)=NO)n1. The lowest BCUT2D eigenvalue weighted by molar-refractivity contribution is 0.318. The summed E-state index contributed by atoms with van der Waals surface area (Å²) >= 11 is 1.28. The molecule has 0 aliphatic carbocycles. The lowest BCUT2D eigenvalue weighted by Crippen LogP contribution is -2.14. The first-order valence-corrected chi connectivity index (χ1v) is 6.35. The number of nitrogens with two attached hydrogens (primary N) is 1. The van der Waals surface area contributed by atoms with Gasteiger partial charge >= 0.3 is 0 Å². The van der Waals surface area contributed by atoms with Gasteiger partial charge in [0.1, 0.15) is 5.03 Å². The molecule has 2 rings (SSSR count). The predicted octanol–water partition coefficient (Wildman–Crippen LogP) is 1.73. The van der Waals surface area contributed by atoms with Crippen molar-refractivity contribution in [3.63, 3.8) is 0 Å². The number of aromatic nitrogens is 3. The lowest BCUT2D eigenvalue weighted by Gasteiger charge is -2.06. The van der Waals surface area contributed by atoms with Gasteiger partial charge in [-0.15, -0.1) is 0 Å². The summed E-state index contributed by atoms with van der Waals surface area (Å²) in [5, 5.41) is 12.9. The number of hydrogen-bond donors (Lipinski definition) is 2. The van der Waals surface area contributed by atoms with Crippen LogP contribution in [0, 0.1) is 13.8 Å². The number of pyridine rings is 1. The Morgan fingerprint density at radius 2 is 2.00 bits per heavy atom. The lowest BCUT2D eigenvalue weighted by atomic mass is 10.3. The highest BCUT2D eigenvalue weighted by atomic mass is 32.2. The molecule has 2 heterocycles. The van der Waals surface area contributed by atoms with Crippen LogP contribution in [0.2, 0.25) is 0 Å². The van der Waals surface area contributed by atoms with E-state index in [-0.39, 0.29) is 5.84 Å². The summed E-state index contributed by atoms with van der Waals surface area (Å²) in [6, 6.07) is 5.35. The summed E-state index contributed by atoms with van der Waals surface area (Å²) in [6.07, 6.45) is 1.64. The molecule has 2 aromatic heterocycles. The van der Waals surface area contributed by atoms with Crippen LogP contribution in [-0.4, -0.2) is 26.0 Å². The van der Waals surface area contributed by atoms with Crippen LogP contribution in [0.5, 0.6) is 0 Å². The fourth-order valence-electron chi connectivity index (χ4n) is 1.55. The summed E-state index contributed by atoms with van der Waals surface area (Å²) in [7, 11) is 0. The predicted molar refractivity (Wildman–Crippen MR) is 72.4 cm³/mol. The van der Waals surface area contributed by atoms with Crippen molar-refractivity contribution in [2.75, 3.05) is 0 Å². The number of amidine groups is 1. The number of rotatable bonds is 3. The number of oxime groups is 1. The summed E-state index contributed by atoms with van der Waals surface area (Å²) in [5.74, 6) is 0.0139. The van der Waals surface area contributed by atoms with Gasteiger partial charge in [0.15, 0.2) is 11.0 Å². The van der Waals surface area contributed by atoms with Gasteiger partial charge in [-0.1, -0.05) is 5.16 Å². The van der Waals surface area contributed by atoms with Crippen LogP contribution in [0.3, 0.4) is 0 Å². The molecule has 0 aliphatic rings. The van der Waals surface area contributed by atoms with Gasteiger partial charge in [0.2, 0.25) is 0 Å². The van der Waals surface area contributed by atoms with Gasteiger partial charge in [0, 0.05) is 17.6 Å². The highest BCUT2D eigenvalue weighted by Crippen LogP contribution is 2.26. The summed E-state index contributed by atoms with van der Waals surface area (Å²) in [4.78, 5) is 12.9.